The Kier molecular flexibility index (Phi) is 8.42. The highest BCUT2D eigenvalue weighted by Crippen LogP contribution is 2.45. The molecule has 1 amide bonds. The van der Waals surface area contributed by atoms with Crippen molar-refractivity contribution in [2.24, 2.45) is 5.73 Å². The number of aromatic nitrogens is 3. The van der Waals surface area contributed by atoms with Crippen molar-refractivity contribution in [2.75, 3.05) is 18.6 Å². The van der Waals surface area contributed by atoms with Crippen LogP contribution in [0.5, 0.6) is 5.88 Å². The number of ether oxygens (including phenoxy) is 2. The predicted molar refractivity (Wildman–Crippen MR) is 133 cm³/mol. The Morgan fingerprint density at radius 1 is 1.14 bits per heavy atom. The van der Waals surface area contributed by atoms with Gasteiger partial charge in [0.15, 0.2) is 5.82 Å². The van der Waals surface area contributed by atoms with Crippen molar-refractivity contribution in [3.8, 4) is 5.88 Å². The molecule has 228 valence electrons. The zero-order chi connectivity index (χ0) is 31.0. The van der Waals surface area contributed by atoms with E-state index in [2.05, 4.69) is 15.1 Å². The first kappa shape index (κ1) is 31.0. The smallest absolute Gasteiger partial charge is 0.416 e. The molecule has 1 aliphatic heterocycles. The number of hydrogen-bond acceptors (Lipinski definition) is 9. The number of nitrogens with two attached hydrogens (primary N) is 1. The van der Waals surface area contributed by atoms with E-state index in [9.17, 15) is 36.2 Å². The molecule has 0 radical (unpaired) electrons. The number of anilines is 1. The third-order valence-electron chi connectivity index (χ3n) is 6.85. The summed E-state index contributed by atoms with van der Waals surface area (Å²) in [4.78, 5) is 22.8. The number of aliphatic hydroxyl groups excluding tert-OH is 1. The van der Waals surface area contributed by atoms with Gasteiger partial charge in [0.05, 0.1) is 42.1 Å². The first-order valence-electron chi connectivity index (χ1n) is 12.7. The Hall–Kier alpha value is -3.92. The molecule has 0 fully saturated rings. The zero-order valence-electron chi connectivity index (χ0n) is 22.6. The van der Waals surface area contributed by atoms with E-state index < -0.39 is 65.1 Å². The molecule has 4 rings (SSSR count). The molecule has 1 aromatic carbocycles. The van der Waals surface area contributed by atoms with Gasteiger partial charge in [-0.25, -0.2) is 9.78 Å². The number of amides is 1. The number of rotatable bonds is 7. The second-order valence-corrected chi connectivity index (χ2v) is 9.63. The van der Waals surface area contributed by atoms with Crippen molar-refractivity contribution in [2.45, 2.75) is 63.1 Å². The van der Waals surface area contributed by atoms with Gasteiger partial charge in [-0.3, -0.25) is 4.90 Å². The van der Waals surface area contributed by atoms with E-state index in [0.29, 0.717) is 12.1 Å². The van der Waals surface area contributed by atoms with Crippen molar-refractivity contribution < 1.29 is 50.2 Å². The van der Waals surface area contributed by atoms with Crippen LogP contribution in [0.15, 0.2) is 34.9 Å². The number of carbonyl (C=O) groups excluding carboxylic acids is 1. The Balaban J connectivity index is 1.70. The zero-order valence-corrected chi connectivity index (χ0v) is 22.6. The van der Waals surface area contributed by atoms with E-state index in [1.807, 2.05) is 0 Å². The van der Waals surface area contributed by atoms with Crippen LogP contribution in [0.1, 0.15) is 72.8 Å². The van der Waals surface area contributed by atoms with E-state index in [1.54, 1.807) is 19.9 Å². The molecule has 0 saturated carbocycles. The van der Waals surface area contributed by atoms with Crippen LogP contribution in [0.4, 0.5) is 36.8 Å². The minimum Gasteiger partial charge on any atom is -0.481 e. The van der Waals surface area contributed by atoms with E-state index in [-0.39, 0.29) is 48.6 Å². The molecule has 0 saturated heterocycles. The summed E-state index contributed by atoms with van der Waals surface area (Å²) in [7, 11) is 1.38. The molecule has 42 heavy (non-hydrogen) atoms. The van der Waals surface area contributed by atoms with Crippen molar-refractivity contribution in [1.82, 2.24) is 15.1 Å². The van der Waals surface area contributed by atoms with Gasteiger partial charge in [-0.1, -0.05) is 12.1 Å². The van der Waals surface area contributed by atoms with Crippen LogP contribution in [0.2, 0.25) is 0 Å². The number of benzene rings is 1. The molecule has 3 heterocycles. The molecule has 1 aliphatic rings. The maximum atomic E-state index is 13.3. The fourth-order valence-electron chi connectivity index (χ4n) is 4.75. The summed E-state index contributed by atoms with van der Waals surface area (Å²) < 4.78 is 95.2. The Bertz CT molecular complexity index is 1410. The number of carbonyl (C=O) groups is 1. The average Bonchev–Trinajstić information content (AvgIpc) is 3.42. The molecule has 0 aliphatic carbocycles. The van der Waals surface area contributed by atoms with Gasteiger partial charge >= 0.3 is 18.4 Å². The van der Waals surface area contributed by atoms with Crippen LogP contribution in [0.3, 0.4) is 0 Å². The summed E-state index contributed by atoms with van der Waals surface area (Å²) in [5.41, 5.74) is 2.43. The number of methoxy groups -OCH3 is 1. The van der Waals surface area contributed by atoms with Crippen molar-refractivity contribution in [3.63, 3.8) is 0 Å². The van der Waals surface area contributed by atoms with Gasteiger partial charge in [0.25, 0.3) is 5.89 Å². The summed E-state index contributed by atoms with van der Waals surface area (Å²) in [6, 6.07) is 4.09. The molecule has 0 spiro atoms. The molecule has 2 aromatic heterocycles. The molecular formula is C26H27F6N5O5. The largest absolute Gasteiger partial charge is 0.481 e. The summed E-state index contributed by atoms with van der Waals surface area (Å²) in [6.07, 6.45) is -13.0. The van der Waals surface area contributed by atoms with Crippen LogP contribution >= 0.6 is 0 Å². The second-order valence-electron chi connectivity index (χ2n) is 9.63. The number of hydrogen-bond donors (Lipinski definition) is 2. The molecule has 0 bridgehead atoms. The third kappa shape index (κ3) is 6.13. The van der Waals surface area contributed by atoms with Crippen LogP contribution in [-0.2, 0) is 23.5 Å². The highest BCUT2D eigenvalue weighted by Gasteiger charge is 2.48. The lowest BCUT2D eigenvalue weighted by Gasteiger charge is -2.45. The number of fused-ring (bicyclic) bond motifs is 1. The average molecular weight is 604 g/mol. The Morgan fingerprint density at radius 3 is 2.33 bits per heavy atom. The second kappa shape index (κ2) is 11.4. The normalized spacial score (nSPS) is 19.8. The van der Waals surface area contributed by atoms with Gasteiger partial charge in [0, 0.05) is 18.9 Å². The number of nitrogens with zero attached hydrogens (tertiary/aromatic N) is 4. The number of aliphatic hydroxyl groups is 1. The van der Waals surface area contributed by atoms with Crippen molar-refractivity contribution in [1.29, 1.82) is 0 Å². The lowest BCUT2D eigenvalue weighted by Crippen LogP contribution is -2.61. The highest BCUT2D eigenvalue weighted by molar-refractivity contribution is 5.91. The third-order valence-corrected chi connectivity index (χ3v) is 6.85. The lowest BCUT2D eigenvalue weighted by atomic mass is 9.83. The lowest BCUT2D eigenvalue weighted by molar-refractivity contribution is -0.143. The van der Waals surface area contributed by atoms with Crippen molar-refractivity contribution >= 4 is 11.8 Å². The fourth-order valence-corrected chi connectivity index (χ4v) is 4.75. The first-order valence-corrected chi connectivity index (χ1v) is 12.7. The molecule has 3 atom stereocenters. The molecular weight excluding hydrogens is 576 g/mol. The van der Waals surface area contributed by atoms with Gasteiger partial charge in [0.2, 0.25) is 5.88 Å². The predicted octanol–water partition coefficient (Wildman–Crippen LogP) is 5.35. The van der Waals surface area contributed by atoms with Gasteiger partial charge in [0.1, 0.15) is 11.8 Å². The molecule has 3 N–H and O–H groups in total. The van der Waals surface area contributed by atoms with Crippen molar-refractivity contribution in [3.05, 3.63) is 64.4 Å². The van der Waals surface area contributed by atoms with Gasteiger partial charge in [-0.15, -0.1) is 0 Å². The summed E-state index contributed by atoms with van der Waals surface area (Å²) >= 11 is 0. The number of alkyl halides is 6. The minimum atomic E-state index is -5.05. The topological polar surface area (TPSA) is 137 Å². The van der Waals surface area contributed by atoms with Gasteiger partial charge in [-0.05, 0) is 43.2 Å². The fraction of sp³-hybridized carbons (Fsp3) is 0.462. The summed E-state index contributed by atoms with van der Waals surface area (Å²) in [5.74, 6) is -1.09. The van der Waals surface area contributed by atoms with E-state index >= 15 is 0 Å². The van der Waals surface area contributed by atoms with E-state index in [1.165, 1.54) is 18.1 Å². The molecule has 1 unspecified atom stereocenters. The summed E-state index contributed by atoms with van der Waals surface area (Å²) in [5, 5.41) is 14.6. The molecule has 3 aromatic rings. The summed E-state index contributed by atoms with van der Waals surface area (Å²) in [6.45, 7) is 3.47. The quantitative estimate of drug-likeness (QED) is 0.343. The minimum absolute atomic E-state index is 0.00510. The highest BCUT2D eigenvalue weighted by atomic mass is 19.4. The van der Waals surface area contributed by atoms with E-state index in [4.69, 9.17) is 19.7 Å². The van der Waals surface area contributed by atoms with Gasteiger partial charge in [-0.2, -0.15) is 31.3 Å². The van der Waals surface area contributed by atoms with Crippen LogP contribution < -0.4 is 15.4 Å². The number of halogens is 6. The number of pyridine rings is 1. The Morgan fingerprint density at radius 2 is 1.79 bits per heavy atom. The standard InChI is InChI=1S/C26H27F6N5O5/c1-4-24(33)12-16(20-17(6-7-19(34-20)40-3)37(24)23(39)41-5-2)21-35-22(42-36-21)18(38)10-13-8-14(25(27,28)29)11-15(9-13)26(30,31)32/h6-9,11,16,18,38H,4-5,10,12,33H2,1-3H3/t16-,18?,24+/m0/s1. The molecule has 10 nitrogen and oxygen atoms in total. The van der Waals surface area contributed by atoms with Crippen LogP contribution in [-0.4, -0.2) is 45.7 Å². The maximum Gasteiger partial charge on any atom is 0.416 e. The molecule has 16 heteroatoms. The maximum absolute atomic E-state index is 13.3. The van der Waals surface area contributed by atoms with Crippen LogP contribution in [0, 0.1) is 0 Å². The SMILES string of the molecule is CCOC(=O)N1c2ccc(OC)nc2[C@@H](c2noc(C(O)Cc3cc(C(F)(F)F)cc(C(F)(F)F)c3)n2)C[C@@]1(N)CC. The van der Waals surface area contributed by atoms with Gasteiger partial charge < -0.3 is 24.8 Å². The monoisotopic (exact) mass is 603 g/mol. The first-order chi connectivity index (χ1) is 19.6. The van der Waals surface area contributed by atoms with E-state index in [0.717, 1.165) is 0 Å². The Labute approximate surface area is 235 Å². The van der Waals surface area contributed by atoms with Crippen LogP contribution in [0.25, 0.3) is 0 Å².